The Hall–Kier alpha value is -1.67. The second-order valence-electron chi connectivity index (χ2n) is 4.42. The Kier molecular flexibility index (Phi) is 5.51. The number of thiazole rings is 2. The molecule has 0 saturated carbocycles. The Bertz CT molecular complexity index is 607. The third-order valence-corrected chi connectivity index (χ3v) is 4.91. The summed E-state index contributed by atoms with van der Waals surface area (Å²) in [5.74, 6) is 0.0623. The van der Waals surface area contributed by atoms with Gasteiger partial charge >= 0.3 is 0 Å². The van der Waals surface area contributed by atoms with Gasteiger partial charge in [0.2, 0.25) is 0 Å². The van der Waals surface area contributed by atoms with E-state index in [1.165, 1.54) is 16.2 Å². The fourth-order valence-electron chi connectivity index (χ4n) is 1.63. The van der Waals surface area contributed by atoms with Crippen molar-refractivity contribution < 1.29 is 4.79 Å². The van der Waals surface area contributed by atoms with E-state index < -0.39 is 0 Å². The molecule has 6 nitrogen and oxygen atoms in total. The van der Waals surface area contributed by atoms with E-state index in [1.807, 2.05) is 6.20 Å². The summed E-state index contributed by atoms with van der Waals surface area (Å²) in [5.41, 5.74) is 5.79. The number of hydrogen-bond donors (Lipinski definition) is 3. The van der Waals surface area contributed by atoms with Crippen LogP contribution in [0.4, 0.5) is 10.9 Å². The highest BCUT2D eigenvalue weighted by atomic mass is 32.1. The van der Waals surface area contributed by atoms with Gasteiger partial charge in [-0.05, 0) is 12.8 Å². The largest absolute Gasteiger partial charge is 0.382 e. The van der Waals surface area contributed by atoms with Crippen LogP contribution in [0.3, 0.4) is 0 Å². The smallest absolute Gasteiger partial charge is 0.265 e. The zero-order valence-corrected chi connectivity index (χ0v) is 13.7. The zero-order valence-electron chi connectivity index (χ0n) is 12.1. The molecular formula is C13H19N5OS2. The fourth-order valence-corrected chi connectivity index (χ4v) is 3.26. The SMILES string of the molecule is CCCNc1nc(N)c(C(=O)NCc2ncc(CC)s2)s1. The van der Waals surface area contributed by atoms with Crippen LogP contribution in [0.25, 0.3) is 0 Å². The molecule has 0 saturated heterocycles. The lowest BCUT2D eigenvalue weighted by molar-refractivity contribution is 0.0955. The molecule has 2 rings (SSSR count). The molecule has 1 amide bonds. The predicted octanol–water partition coefficient (Wildman–Crippen LogP) is 2.50. The summed E-state index contributed by atoms with van der Waals surface area (Å²) in [7, 11) is 0. The van der Waals surface area contributed by atoms with Gasteiger partial charge in [-0.3, -0.25) is 4.79 Å². The van der Waals surface area contributed by atoms with E-state index in [-0.39, 0.29) is 11.7 Å². The summed E-state index contributed by atoms with van der Waals surface area (Å²) in [6.45, 7) is 5.38. The van der Waals surface area contributed by atoms with Crippen LogP contribution < -0.4 is 16.4 Å². The molecule has 0 spiro atoms. The Morgan fingerprint density at radius 1 is 1.38 bits per heavy atom. The van der Waals surface area contributed by atoms with Crippen LogP contribution in [0, 0.1) is 0 Å². The number of nitrogens with two attached hydrogens (primary N) is 1. The molecule has 0 aromatic carbocycles. The van der Waals surface area contributed by atoms with Gasteiger partial charge in [0.15, 0.2) is 5.13 Å². The Labute approximate surface area is 131 Å². The van der Waals surface area contributed by atoms with Gasteiger partial charge in [0.05, 0.1) is 6.54 Å². The van der Waals surface area contributed by atoms with Crippen LogP contribution in [0.1, 0.15) is 39.8 Å². The molecule has 0 aliphatic carbocycles. The number of hydrogen-bond acceptors (Lipinski definition) is 7. The highest BCUT2D eigenvalue weighted by Gasteiger charge is 2.16. The first-order chi connectivity index (χ1) is 10.1. The number of aryl methyl sites for hydroxylation is 1. The minimum absolute atomic E-state index is 0.206. The molecule has 0 aliphatic rings. The highest BCUT2D eigenvalue weighted by Crippen LogP contribution is 2.25. The molecule has 2 heterocycles. The Balaban J connectivity index is 1.94. The minimum atomic E-state index is -0.206. The first-order valence-corrected chi connectivity index (χ1v) is 8.49. The number of anilines is 2. The van der Waals surface area contributed by atoms with Gasteiger partial charge in [-0.25, -0.2) is 9.97 Å². The van der Waals surface area contributed by atoms with Crippen molar-refractivity contribution in [3.63, 3.8) is 0 Å². The number of rotatable bonds is 7. The highest BCUT2D eigenvalue weighted by molar-refractivity contribution is 7.18. The van der Waals surface area contributed by atoms with Crippen LogP contribution in [-0.2, 0) is 13.0 Å². The Morgan fingerprint density at radius 2 is 2.19 bits per heavy atom. The maximum Gasteiger partial charge on any atom is 0.265 e. The molecule has 2 aromatic rings. The van der Waals surface area contributed by atoms with Crippen LogP contribution >= 0.6 is 22.7 Å². The molecule has 21 heavy (non-hydrogen) atoms. The van der Waals surface area contributed by atoms with Crippen molar-refractivity contribution in [3.05, 3.63) is 21.0 Å². The lowest BCUT2D eigenvalue weighted by atomic mass is 10.4. The standard InChI is InChI=1S/C13H19N5OS2/c1-3-5-15-13-18-11(14)10(21-13)12(19)17-7-9-16-6-8(4-2)20-9/h6H,3-5,7,14H2,1-2H3,(H,15,18)(H,17,19). The van der Waals surface area contributed by atoms with E-state index in [2.05, 4.69) is 34.4 Å². The third-order valence-electron chi connectivity index (χ3n) is 2.74. The number of carbonyl (C=O) groups excluding carboxylic acids is 1. The van der Waals surface area contributed by atoms with Crippen molar-refractivity contribution in [2.24, 2.45) is 0 Å². The van der Waals surface area contributed by atoms with Crippen LogP contribution in [0.2, 0.25) is 0 Å². The summed E-state index contributed by atoms with van der Waals surface area (Å²) in [6, 6.07) is 0. The molecule has 0 fully saturated rings. The number of aromatic nitrogens is 2. The quantitative estimate of drug-likeness (QED) is 0.727. The van der Waals surface area contributed by atoms with Crippen LogP contribution in [-0.4, -0.2) is 22.4 Å². The minimum Gasteiger partial charge on any atom is -0.382 e. The van der Waals surface area contributed by atoms with E-state index in [4.69, 9.17) is 5.73 Å². The number of carbonyl (C=O) groups is 1. The molecule has 8 heteroatoms. The second kappa shape index (κ2) is 7.37. The number of nitrogens with one attached hydrogen (secondary N) is 2. The lowest BCUT2D eigenvalue weighted by Crippen LogP contribution is -2.22. The molecule has 0 unspecified atom stereocenters. The van der Waals surface area contributed by atoms with E-state index in [9.17, 15) is 4.79 Å². The van der Waals surface area contributed by atoms with E-state index in [0.29, 0.717) is 16.6 Å². The second-order valence-corrected chi connectivity index (χ2v) is 6.62. The van der Waals surface area contributed by atoms with Gasteiger partial charge in [0, 0.05) is 17.6 Å². The summed E-state index contributed by atoms with van der Waals surface area (Å²) in [4.78, 5) is 22.2. The lowest BCUT2D eigenvalue weighted by Gasteiger charge is -2.00. The zero-order chi connectivity index (χ0) is 15.2. The predicted molar refractivity (Wildman–Crippen MR) is 88.0 cm³/mol. The molecule has 0 atom stereocenters. The van der Waals surface area contributed by atoms with Crippen molar-refractivity contribution in [2.75, 3.05) is 17.6 Å². The summed E-state index contributed by atoms with van der Waals surface area (Å²) >= 11 is 2.89. The Morgan fingerprint density at radius 3 is 2.86 bits per heavy atom. The van der Waals surface area contributed by atoms with E-state index in [1.54, 1.807) is 11.3 Å². The fraction of sp³-hybridized carbons (Fsp3) is 0.462. The maximum atomic E-state index is 12.1. The van der Waals surface area contributed by atoms with Gasteiger partial charge in [0.1, 0.15) is 15.7 Å². The van der Waals surface area contributed by atoms with Crippen LogP contribution in [0.5, 0.6) is 0 Å². The van der Waals surface area contributed by atoms with Gasteiger partial charge in [0.25, 0.3) is 5.91 Å². The van der Waals surface area contributed by atoms with Gasteiger partial charge in [-0.15, -0.1) is 11.3 Å². The van der Waals surface area contributed by atoms with Gasteiger partial charge in [-0.1, -0.05) is 25.2 Å². The third kappa shape index (κ3) is 4.15. The first kappa shape index (κ1) is 15.7. The van der Waals surface area contributed by atoms with E-state index in [0.717, 1.165) is 24.4 Å². The van der Waals surface area contributed by atoms with E-state index >= 15 is 0 Å². The molecule has 0 bridgehead atoms. The number of nitrogen functional groups attached to an aromatic ring is 1. The normalized spacial score (nSPS) is 10.6. The van der Waals surface area contributed by atoms with Crippen molar-refractivity contribution in [2.45, 2.75) is 33.2 Å². The van der Waals surface area contributed by atoms with Crippen molar-refractivity contribution in [3.8, 4) is 0 Å². The molecule has 4 N–H and O–H groups in total. The number of nitrogens with zero attached hydrogens (tertiary/aromatic N) is 2. The van der Waals surface area contributed by atoms with Crippen molar-refractivity contribution >= 4 is 39.5 Å². The molecule has 0 radical (unpaired) electrons. The van der Waals surface area contributed by atoms with Gasteiger partial charge < -0.3 is 16.4 Å². The average Bonchev–Trinajstić information content (AvgIpc) is 3.09. The van der Waals surface area contributed by atoms with Crippen molar-refractivity contribution in [1.29, 1.82) is 0 Å². The topological polar surface area (TPSA) is 92.9 Å². The molecular weight excluding hydrogens is 306 g/mol. The maximum absolute atomic E-state index is 12.1. The first-order valence-electron chi connectivity index (χ1n) is 6.86. The summed E-state index contributed by atoms with van der Waals surface area (Å²) in [5, 5.41) is 7.55. The average molecular weight is 325 g/mol. The van der Waals surface area contributed by atoms with Gasteiger partial charge in [-0.2, -0.15) is 0 Å². The summed E-state index contributed by atoms with van der Waals surface area (Å²) in [6.07, 6.45) is 3.80. The molecule has 2 aromatic heterocycles. The molecule has 114 valence electrons. The van der Waals surface area contributed by atoms with Crippen LogP contribution in [0.15, 0.2) is 6.20 Å². The number of amides is 1. The summed E-state index contributed by atoms with van der Waals surface area (Å²) < 4.78 is 0. The molecule has 0 aliphatic heterocycles. The monoisotopic (exact) mass is 325 g/mol. The van der Waals surface area contributed by atoms with Crippen molar-refractivity contribution in [1.82, 2.24) is 15.3 Å².